The number of carbonyl (C=O) groups is 1. The Labute approximate surface area is 125 Å². The number of hydrogen-bond donors (Lipinski definition) is 8. The van der Waals surface area contributed by atoms with Crippen LogP contribution in [0.1, 0.15) is 6.92 Å². The van der Waals surface area contributed by atoms with Gasteiger partial charge in [0.25, 0.3) is 0 Å². The normalized spacial score (nSPS) is 38.5. The summed E-state index contributed by atoms with van der Waals surface area (Å²) in [6.45, 7) is 0.610. The molecule has 22 heavy (non-hydrogen) atoms. The molecule has 11 heteroatoms. The lowest BCUT2D eigenvalue weighted by atomic mass is 9.85. The Kier molecular flexibility index (Phi) is 2.99. The van der Waals surface area contributed by atoms with Gasteiger partial charge in [-0.25, -0.2) is 0 Å². The molecule has 11 nitrogen and oxygen atoms in total. The first kappa shape index (κ1) is 14.8. The quantitative estimate of drug-likeness (QED) is 0.187. The van der Waals surface area contributed by atoms with Gasteiger partial charge in [0.1, 0.15) is 0 Å². The van der Waals surface area contributed by atoms with E-state index in [2.05, 4.69) is 16.0 Å². The molecule has 0 radical (unpaired) electrons. The molecule has 1 spiro atoms. The van der Waals surface area contributed by atoms with E-state index >= 15 is 0 Å². The van der Waals surface area contributed by atoms with Crippen molar-refractivity contribution in [1.82, 2.24) is 20.9 Å². The van der Waals surface area contributed by atoms with Crippen molar-refractivity contribution in [1.29, 1.82) is 10.8 Å². The summed E-state index contributed by atoms with van der Waals surface area (Å²) < 4.78 is 4.97. The van der Waals surface area contributed by atoms with Crippen LogP contribution in [-0.2, 0) is 9.53 Å². The van der Waals surface area contributed by atoms with Crippen LogP contribution in [0.3, 0.4) is 0 Å². The standard InChI is InChI=1S/C11H18N6O5/c1-4(19)22-6-2-17-9(13)14-5(3-18)7-10(17,11(6,20)21)16-8(12)15-7/h5-7,18,20-21H,2-3H2,1H3,(H2,13,14)(H3,12,15,16)/t5-,6-,7-,10?/m0/s1. The Morgan fingerprint density at radius 2 is 2.14 bits per heavy atom. The molecule has 3 rings (SSSR count). The van der Waals surface area contributed by atoms with Gasteiger partial charge >= 0.3 is 5.97 Å². The van der Waals surface area contributed by atoms with Crippen molar-refractivity contribution in [2.45, 2.75) is 36.6 Å². The summed E-state index contributed by atoms with van der Waals surface area (Å²) in [5.41, 5.74) is -1.69. The third kappa shape index (κ3) is 1.63. The Morgan fingerprint density at radius 3 is 2.73 bits per heavy atom. The largest absolute Gasteiger partial charge is 0.455 e. The maximum atomic E-state index is 11.2. The first-order chi connectivity index (χ1) is 10.2. The molecule has 4 atom stereocenters. The van der Waals surface area contributed by atoms with Crippen molar-refractivity contribution in [2.75, 3.05) is 13.2 Å². The van der Waals surface area contributed by atoms with E-state index in [9.17, 15) is 20.1 Å². The monoisotopic (exact) mass is 314 g/mol. The van der Waals surface area contributed by atoms with Gasteiger partial charge in [0.2, 0.25) is 5.79 Å². The molecule has 0 amide bonds. The number of esters is 1. The number of ether oxygens (including phenoxy) is 1. The molecular formula is C11H18N6O5. The van der Waals surface area contributed by atoms with Crippen molar-refractivity contribution < 1.29 is 24.9 Å². The van der Waals surface area contributed by atoms with Crippen LogP contribution in [0.5, 0.6) is 0 Å². The minimum Gasteiger partial charge on any atom is -0.455 e. The Hall–Kier alpha value is -2.11. The summed E-state index contributed by atoms with van der Waals surface area (Å²) in [6, 6.07) is -1.55. The molecule has 8 N–H and O–H groups in total. The minimum atomic E-state index is -2.57. The molecule has 0 bridgehead atoms. The SMILES string of the molecule is CC(=O)O[C@H]1CN2C(=N)N[C@@H](CO)[C@@H]3NC(=N)NC32C1(O)O. The van der Waals surface area contributed by atoms with E-state index in [4.69, 9.17) is 15.6 Å². The number of carbonyl (C=O) groups excluding carboxylic acids is 1. The van der Waals surface area contributed by atoms with Gasteiger partial charge in [0.15, 0.2) is 23.7 Å². The first-order valence-corrected chi connectivity index (χ1v) is 6.73. The van der Waals surface area contributed by atoms with E-state index in [1.54, 1.807) is 0 Å². The lowest BCUT2D eigenvalue weighted by molar-refractivity contribution is -0.263. The molecule has 3 aliphatic heterocycles. The van der Waals surface area contributed by atoms with Crippen molar-refractivity contribution >= 4 is 17.9 Å². The van der Waals surface area contributed by atoms with Crippen LogP contribution in [0, 0.1) is 10.8 Å². The van der Waals surface area contributed by atoms with Crippen LogP contribution >= 0.6 is 0 Å². The van der Waals surface area contributed by atoms with Gasteiger partial charge < -0.3 is 40.9 Å². The van der Waals surface area contributed by atoms with E-state index in [-0.39, 0.29) is 25.1 Å². The lowest BCUT2D eigenvalue weighted by Crippen LogP contribution is -2.80. The van der Waals surface area contributed by atoms with Gasteiger partial charge in [-0.05, 0) is 0 Å². The maximum absolute atomic E-state index is 11.2. The highest BCUT2D eigenvalue weighted by molar-refractivity contribution is 5.87. The van der Waals surface area contributed by atoms with Crippen molar-refractivity contribution in [3.8, 4) is 0 Å². The number of rotatable bonds is 2. The smallest absolute Gasteiger partial charge is 0.303 e. The van der Waals surface area contributed by atoms with Gasteiger partial charge in [-0.3, -0.25) is 15.6 Å². The molecule has 3 fully saturated rings. The fourth-order valence-corrected chi connectivity index (χ4v) is 3.47. The van der Waals surface area contributed by atoms with Crippen molar-refractivity contribution in [3.05, 3.63) is 0 Å². The summed E-state index contributed by atoms with van der Waals surface area (Å²) in [5.74, 6) is -3.60. The number of aliphatic hydroxyl groups is 3. The Balaban J connectivity index is 2.08. The molecule has 0 aromatic heterocycles. The van der Waals surface area contributed by atoms with Crippen LogP contribution in [-0.4, -0.2) is 80.9 Å². The molecule has 0 aliphatic carbocycles. The topological polar surface area (TPSA) is 174 Å². The third-order valence-corrected chi connectivity index (χ3v) is 4.35. The number of guanidine groups is 2. The molecule has 0 aromatic carbocycles. The second-order valence-corrected chi connectivity index (χ2v) is 5.61. The average molecular weight is 314 g/mol. The molecule has 1 unspecified atom stereocenters. The lowest BCUT2D eigenvalue weighted by Gasteiger charge is -2.50. The van der Waals surface area contributed by atoms with Crippen LogP contribution in [0.25, 0.3) is 0 Å². The molecule has 3 saturated heterocycles. The number of nitrogens with one attached hydrogen (secondary N) is 5. The van der Waals surface area contributed by atoms with Crippen LogP contribution in [0.15, 0.2) is 0 Å². The van der Waals surface area contributed by atoms with Gasteiger partial charge in [0.05, 0.1) is 25.2 Å². The van der Waals surface area contributed by atoms with E-state index in [1.165, 1.54) is 4.90 Å². The summed E-state index contributed by atoms with van der Waals surface area (Å²) in [5, 5.41) is 54.6. The highest BCUT2D eigenvalue weighted by Crippen LogP contribution is 2.43. The summed E-state index contributed by atoms with van der Waals surface area (Å²) in [4.78, 5) is 12.5. The number of nitrogens with zero attached hydrogens (tertiary/aromatic N) is 1. The zero-order valence-corrected chi connectivity index (χ0v) is 11.8. The van der Waals surface area contributed by atoms with E-state index < -0.39 is 35.6 Å². The zero-order valence-electron chi connectivity index (χ0n) is 11.8. The Morgan fingerprint density at radius 1 is 1.45 bits per heavy atom. The predicted octanol–water partition coefficient (Wildman–Crippen LogP) is -3.99. The van der Waals surface area contributed by atoms with Crippen LogP contribution in [0.4, 0.5) is 0 Å². The van der Waals surface area contributed by atoms with Gasteiger partial charge in [-0.2, -0.15) is 0 Å². The van der Waals surface area contributed by atoms with Crippen molar-refractivity contribution in [3.63, 3.8) is 0 Å². The summed E-state index contributed by atoms with van der Waals surface area (Å²) in [6.07, 6.45) is -1.31. The maximum Gasteiger partial charge on any atom is 0.303 e. The molecule has 3 aliphatic rings. The second-order valence-electron chi connectivity index (χ2n) is 5.61. The summed E-state index contributed by atoms with van der Waals surface area (Å²) >= 11 is 0. The minimum absolute atomic E-state index is 0.144. The highest BCUT2D eigenvalue weighted by Gasteiger charge is 2.75. The molecule has 0 saturated carbocycles. The predicted molar refractivity (Wildman–Crippen MR) is 71.7 cm³/mol. The molecule has 122 valence electrons. The van der Waals surface area contributed by atoms with Gasteiger partial charge in [-0.15, -0.1) is 0 Å². The molecule has 3 heterocycles. The molecular weight excluding hydrogens is 296 g/mol. The van der Waals surface area contributed by atoms with E-state index in [1.807, 2.05) is 0 Å². The van der Waals surface area contributed by atoms with Crippen molar-refractivity contribution in [2.24, 2.45) is 0 Å². The van der Waals surface area contributed by atoms with Crippen LogP contribution in [0.2, 0.25) is 0 Å². The number of hydrogen-bond acceptors (Lipinski definition) is 7. The van der Waals surface area contributed by atoms with Gasteiger partial charge in [-0.1, -0.05) is 0 Å². The fraction of sp³-hybridized carbons (Fsp3) is 0.727. The highest BCUT2D eigenvalue weighted by atomic mass is 16.6. The Bertz CT molecular complexity index is 553. The van der Waals surface area contributed by atoms with E-state index in [0.717, 1.165) is 6.92 Å². The fourth-order valence-electron chi connectivity index (χ4n) is 3.47. The first-order valence-electron chi connectivity index (χ1n) is 6.73. The van der Waals surface area contributed by atoms with Gasteiger partial charge in [0, 0.05) is 6.92 Å². The van der Waals surface area contributed by atoms with Crippen LogP contribution < -0.4 is 16.0 Å². The molecule has 0 aromatic rings. The average Bonchev–Trinajstić information content (AvgIpc) is 2.87. The third-order valence-electron chi connectivity index (χ3n) is 4.35. The second kappa shape index (κ2) is 4.44. The summed E-state index contributed by atoms with van der Waals surface area (Å²) in [7, 11) is 0. The zero-order chi connectivity index (χ0) is 16.3. The number of aliphatic hydroxyl groups excluding tert-OH is 1. The van der Waals surface area contributed by atoms with E-state index in [0.29, 0.717) is 0 Å².